The summed E-state index contributed by atoms with van der Waals surface area (Å²) in [5.74, 6) is 0.171. The molecule has 0 aliphatic carbocycles. The Morgan fingerprint density at radius 2 is 2.00 bits per heavy atom. The van der Waals surface area contributed by atoms with Crippen molar-refractivity contribution in [2.24, 2.45) is 5.92 Å². The van der Waals surface area contributed by atoms with Crippen LogP contribution in [0.25, 0.3) is 6.08 Å². The third-order valence-electron chi connectivity index (χ3n) is 3.24. The zero-order chi connectivity index (χ0) is 16.5. The summed E-state index contributed by atoms with van der Waals surface area (Å²) in [4.78, 5) is 23.2. The van der Waals surface area contributed by atoms with E-state index in [2.05, 4.69) is 5.32 Å². The minimum Gasteiger partial charge on any atom is -0.497 e. The van der Waals surface area contributed by atoms with Gasteiger partial charge in [0.1, 0.15) is 5.75 Å². The molecule has 120 valence electrons. The van der Waals surface area contributed by atoms with Crippen molar-refractivity contribution in [2.75, 3.05) is 13.7 Å². The van der Waals surface area contributed by atoms with Crippen LogP contribution >= 0.6 is 0 Å². The van der Waals surface area contributed by atoms with E-state index in [1.54, 1.807) is 19.3 Å². The van der Waals surface area contributed by atoms with Gasteiger partial charge in [-0.05, 0) is 36.6 Å². The van der Waals surface area contributed by atoms with Crippen molar-refractivity contribution >= 4 is 18.0 Å². The number of ether oxygens (including phenoxy) is 2. The molecule has 0 saturated heterocycles. The van der Waals surface area contributed by atoms with Gasteiger partial charge in [0.2, 0.25) is 0 Å². The van der Waals surface area contributed by atoms with E-state index in [1.807, 2.05) is 39.0 Å². The second-order valence-corrected chi connectivity index (χ2v) is 5.32. The van der Waals surface area contributed by atoms with Gasteiger partial charge in [-0.3, -0.25) is 4.79 Å². The summed E-state index contributed by atoms with van der Waals surface area (Å²) in [6, 6.07) is 7.31. The number of nitrogens with one attached hydrogen (secondary N) is 1. The molecular formula is C17H23NO4. The molecule has 0 bridgehead atoms. The smallest absolute Gasteiger partial charge is 0.331 e. The van der Waals surface area contributed by atoms with Crippen molar-refractivity contribution in [1.29, 1.82) is 0 Å². The highest BCUT2D eigenvalue weighted by atomic mass is 16.5. The maximum Gasteiger partial charge on any atom is 0.331 e. The first-order valence-corrected chi connectivity index (χ1v) is 7.20. The molecule has 1 rings (SSSR count). The van der Waals surface area contributed by atoms with Gasteiger partial charge in [-0.1, -0.05) is 26.0 Å². The second-order valence-electron chi connectivity index (χ2n) is 5.32. The minimum atomic E-state index is -0.560. The Hall–Kier alpha value is -2.30. The molecule has 0 fully saturated rings. The highest BCUT2D eigenvalue weighted by Crippen LogP contribution is 2.13. The van der Waals surface area contributed by atoms with Gasteiger partial charge in [-0.15, -0.1) is 0 Å². The Labute approximate surface area is 131 Å². The Kier molecular flexibility index (Phi) is 7.16. The van der Waals surface area contributed by atoms with Gasteiger partial charge in [0, 0.05) is 12.1 Å². The van der Waals surface area contributed by atoms with E-state index in [9.17, 15) is 9.59 Å². The van der Waals surface area contributed by atoms with Crippen molar-refractivity contribution in [1.82, 2.24) is 5.32 Å². The lowest BCUT2D eigenvalue weighted by Crippen LogP contribution is -2.38. The topological polar surface area (TPSA) is 64.6 Å². The molecule has 0 heterocycles. The molecule has 1 atom stereocenters. The first-order chi connectivity index (χ1) is 10.4. The molecule has 22 heavy (non-hydrogen) atoms. The number of hydrogen-bond donors (Lipinski definition) is 1. The summed E-state index contributed by atoms with van der Waals surface area (Å²) < 4.78 is 9.99. The van der Waals surface area contributed by atoms with Crippen molar-refractivity contribution in [2.45, 2.75) is 26.8 Å². The molecule has 0 unspecified atom stereocenters. The van der Waals surface area contributed by atoms with E-state index in [4.69, 9.17) is 9.47 Å². The second kappa shape index (κ2) is 8.87. The monoisotopic (exact) mass is 305 g/mol. The van der Waals surface area contributed by atoms with Crippen LogP contribution in [-0.2, 0) is 14.3 Å². The fourth-order valence-corrected chi connectivity index (χ4v) is 1.56. The highest BCUT2D eigenvalue weighted by molar-refractivity contribution is 5.89. The highest BCUT2D eigenvalue weighted by Gasteiger charge is 2.11. The number of amides is 1. The molecule has 0 aliphatic rings. The molecule has 1 aromatic carbocycles. The first kappa shape index (κ1) is 17.8. The average molecular weight is 305 g/mol. The van der Waals surface area contributed by atoms with E-state index in [1.165, 1.54) is 6.08 Å². The summed E-state index contributed by atoms with van der Waals surface area (Å²) in [5.41, 5.74) is 0.814. The fourth-order valence-electron chi connectivity index (χ4n) is 1.56. The lowest BCUT2D eigenvalue weighted by Gasteiger charge is -2.16. The van der Waals surface area contributed by atoms with Crippen molar-refractivity contribution in [3.63, 3.8) is 0 Å². The van der Waals surface area contributed by atoms with Crippen LogP contribution in [0.5, 0.6) is 5.75 Å². The van der Waals surface area contributed by atoms with Crippen LogP contribution in [0.15, 0.2) is 30.3 Å². The normalized spacial score (nSPS) is 12.2. The van der Waals surface area contributed by atoms with Crippen LogP contribution in [0, 0.1) is 5.92 Å². The Bertz CT molecular complexity index is 537. The maximum absolute atomic E-state index is 11.6. The SMILES string of the molecule is COc1cccc(/C=C/C(=O)OCC(=O)N[C@H](C)C(C)C)c1. The van der Waals surface area contributed by atoms with Gasteiger partial charge in [0.05, 0.1) is 7.11 Å². The average Bonchev–Trinajstić information content (AvgIpc) is 2.51. The van der Waals surface area contributed by atoms with E-state index < -0.39 is 5.97 Å². The molecule has 1 N–H and O–H groups in total. The molecule has 1 aromatic rings. The van der Waals surface area contributed by atoms with Crippen LogP contribution < -0.4 is 10.1 Å². The van der Waals surface area contributed by atoms with Gasteiger partial charge in [0.15, 0.2) is 6.61 Å². The Morgan fingerprint density at radius 3 is 2.64 bits per heavy atom. The molecule has 0 aromatic heterocycles. The lowest BCUT2D eigenvalue weighted by atomic mass is 10.1. The summed E-state index contributed by atoms with van der Waals surface area (Å²) in [5, 5.41) is 2.77. The molecule has 0 aliphatic heterocycles. The number of rotatable bonds is 7. The summed E-state index contributed by atoms with van der Waals surface area (Å²) in [7, 11) is 1.58. The number of esters is 1. The predicted octanol–water partition coefficient (Wildman–Crippen LogP) is 2.41. The van der Waals surface area contributed by atoms with Crippen LogP contribution in [-0.4, -0.2) is 31.6 Å². The van der Waals surface area contributed by atoms with Crippen molar-refractivity contribution in [3.05, 3.63) is 35.9 Å². The Balaban J connectivity index is 2.42. The standard InChI is InChI=1S/C17H23NO4/c1-12(2)13(3)18-16(19)11-22-17(20)9-8-14-6-5-7-15(10-14)21-4/h5-10,12-13H,11H2,1-4H3,(H,18,19)/b9-8+/t13-/m1/s1. The fraction of sp³-hybridized carbons (Fsp3) is 0.412. The molecule has 1 amide bonds. The van der Waals surface area contributed by atoms with E-state index >= 15 is 0 Å². The van der Waals surface area contributed by atoms with Crippen LogP contribution in [0.3, 0.4) is 0 Å². The number of benzene rings is 1. The lowest BCUT2D eigenvalue weighted by molar-refractivity contribution is -0.144. The zero-order valence-electron chi connectivity index (χ0n) is 13.5. The van der Waals surface area contributed by atoms with E-state index in [0.717, 1.165) is 5.56 Å². The van der Waals surface area contributed by atoms with Gasteiger partial charge in [-0.2, -0.15) is 0 Å². The van der Waals surface area contributed by atoms with E-state index in [0.29, 0.717) is 11.7 Å². The zero-order valence-corrected chi connectivity index (χ0v) is 13.5. The van der Waals surface area contributed by atoms with Crippen LogP contribution in [0.2, 0.25) is 0 Å². The molecule has 0 saturated carbocycles. The summed E-state index contributed by atoms with van der Waals surface area (Å²) in [6.45, 7) is 5.65. The quantitative estimate of drug-likeness (QED) is 0.620. The van der Waals surface area contributed by atoms with Crippen LogP contribution in [0.4, 0.5) is 0 Å². The predicted molar refractivity (Wildman–Crippen MR) is 85.4 cm³/mol. The van der Waals surface area contributed by atoms with Gasteiger partial charge in [0.25, 0.3) is 5.91 Å². The third-order valence-corrected chi connectivity index (χ3v) is 3.24. The van der Waals surface area contributed by atoms with Gasteiger partial charge < -0.3 is 14.8 Å². The molecule has 0 spiro atoms. The minimum absolute atomic E-state index is 0.0403. The van der Waals surface area contributed by atoms with Crippen molar-refractivity contribution in [3.8, 4) is 5.75 Å². The largest absolute Gasteiger partial charge is 0.497 e. The van der Waals surface area contributed by atoms with Gasteiger partial charge in [-0.25, -0.2) is 4.79 Å². The summed E-state index contributed by atoms with van der Waals surface area (Å²) >= 11 is 0. The number of methoxy groups -OCH3 is 1. The van der Waals surface area contributed by atoms with E-state index in [-0.39, 0.29) is 18.6 Å². The van der Waals surface area contributed by atoms with Crippen LogP contribution in [0.1, 0.15) is 26.3 Å². The van der Waals surface area contributed by atoms with Gasteiger partial charge >= 0.3 is 5.97 Å². The maximum atomic E-state index is 11.6. The first-order valence-electron chi connectivity index (χ1n) is 7.20. The number of hydrogen-bond acceptors (Lipinski definition) is 4. The molecular weight excluding hydrogens is 282 g/mol. The number of carbonyl (C=O) groups is 2. The summed E-state index contributed by atoms with van der Waals surface area (Å²) in [6.07, 6.45) is 2.90. The molecule has 5 nitrogen and oxygen atoms in total. The van der Waals surface area contributed by atoms with Crippen molar-refractivity contribution < 1.29 is 19.1 Å². The third kappa shape index (κ3) is 6.43. The molecule has 5 heteroatoms. The number of carbonyl (C=O) groups excluding carboxylic acids is 2. The Morgan fingerprint density at radius 1 is 1.27 bits per heavy atom. The molecule has 0 radical (unpaired) electrons.